The van der Waals surface area contributed by atoms with Gasteiger partial charge in [-0.3, -0.25) is 4.79 Å². The number of amides is 1. The Hall–Kier alpha value is -1.39. The van der Waals surface area contributed by atoms with Crippen LogP contribution in [-0.2, 0) is 14.4 Å². The summed E-state index contributed by atoms with van der Waals surface area (Å²) < 4.78 is 5.03. The summed E-state index contributed by atoms with van der Waals surface area (Å²) in [6, 6.07) is 0. The molecule has 0 aromatic heterocycles. The zero-order valence-corrected chi connectivity index (χ0v) is 6.11. The van der Waals surface area contributed by atoms with Crippen molar-refractivity contribution in [2.75, 3.05) is 13.2 Å². The average Bonchev–Trinajstić information content (AvgIpc) is 2.07. The number of oxime groups is 1. The summed E-state index contributed by atoms with van der Waals surface area (Å²) in [6.07, 6.45) is 0.440. The molecule has 0 aromatic rings. The molecule has 0 saturated carbocycles. The zero-order chi connectivity index (χ0) is 8.10. The van der Waals surface area contributed by atoms with Crippen LogP contribution in [0.1, 0.15) is 6.92 Å². The van der Waals surface area contributed by atoms with Crippen molar-refractivity contribution in [2.24, 2.45) is 10.1 Å². The second-order valence-corrected chi connectivity index (χ2v) is 1.90. The molecule has 0 saturated heterocycles. The SMILES string of the molecule is CC(=NC=O)C1=NOCCO1. The topological polar surface area (TPSA) is 60.2 Å². The van der Waals surface area contributed by atoms with E-state index >= 15 is 0 Å². The van der Waals surface area contributed by atoms with Crippen LogP contribution in [-0.4, -0.2) is 31.2 Å². The van der Waals surface area contributed by atoms with E-state index in [-0.39, 0.29) is 5.90 Å². The molecular formula is C6H8N2O3. The summed E-state index contributed by atoms with van der Waals surface area (Å²) in [6.45, 7) is 2.52. The third-order valence-electron chi connectivity index (χ3n) is 1.12. The molecule has 1 rings (SSSR count). The van der Waals surface area contributed by atoms with E-state index in [1.165, 1.54) is 0 Å². The summed E-state index contributed by atoms with van der Waals surface area (Å²) in [5, 5.41) is 3.55. The van der Waals surface area contributed by atoms with Gasteiger partial charge in [0.05, 0.1) is 0 Å². The van der Waals surface area contributed by atoms with Crippen LogP contribution in [0.4, 0.5) is 0 Å². The van der Waals surface area contributed by atoms with Gasteiger partial charge in [0, 0.05) is 0 Å². The van der Waals surface area contributed by atoms with Gasteiger partial charge in [0.15, 0.2) is 6.61 Å². The first kappa shape index (κ1) is 7.71. The Morgan fingerprint density at radius 2 is 2.55 bits per heavy atom. The Morgan fingerprint density at radius 1 is 1.73 bits per heavy atom. The summed E-state index contributed by atoms with van der Waals surface area (Å²) in [5.41, 5.74) is 0.430. The van der Waals surface area contributed by atoms with Gasteiger partial charge in [-0.05, 0) is 12.1 Å². The molecule has 0 aliphatic carbocycles. The van der Waals surface area contributed by atoms with Gasteiger partial charge in [-0.25, -0.2) is 4.99 Å². The van der Waals surface area contributed by atoms with Crippen molar-refractivity contribution < 1.29 is 14.4 Å². The van der Waals surface area contributed by atoms with E-state index in [9.17, 15) is 4.79 Å². The van der Waals surface area contributed by atoms with Crippen molar-refractivity contribution in [1.82, 2.24) is 0 Å². The fourth-order valence-electron chi connectivity index (χ4n) is 0.611. The Morgan fingerprint density at radius 3 is 3.09 bits per heavy atom. The van der Waals surface area contributed by atoms with Gasteiger partial charge >= 0.3 is 0 Å². The van der Waals surface area contributed by atoms with Crippen molar-refractivity contribution >= 4 is 18.0 Å². The van der Waals surface area contributed by atoms with Crippen LogP contribution >= 0.6 is 0 Å². The summed E-state index contributed by atoms with van der Waals surface area (Å²) in [5.74, 6) is 0.281. The normalized spacial score (nSPS) is 17.9. The maximum atomic E-state index is 9.92. The summed E-state index contributed by atoms with van der Waals surface area (Å²) in [4.78, 5) is 18.1. The standard InChI is InChI=1S/C6H8N2O3/c1-5(7-4-9)6-8-11-3-2-10-6/h4H,2-3H2,1H3. The van der Waals surface area contributed by atoms with Gasteiger partial charge in [0.1, 0.15) is 12.3 Å². The molecule has 11 heavy (non-hydrogen) atoms. The van der Waals surface area contributed by atoms with Crippen LogP contribution < -0.4 is 0 Å². The summed E-state index contributed by atoms with van der Waals surface area (Å²) >= 11 is 0. The number of carbonyl (C=O) groups excluding carboxylic acids is 1. The molecule has 1 aliphatic rings. The van der Waals surface area contributed by atoms with E-state index in [2.05, 4.69) is 10.1 Å². The maximum Gasteiger partial charge on any atom is 0.272 e. The molecule has 0 spiro atoms. The quantitative estimate of drug-likeness (QED) is 0.416. The molecule has 0 radical (unpaired) electrons. The van der Waals surface area contributed by atoms with Crippen LogP contribution in [0.25, 0.3) is 0 Å². The van der Waals surface area contributed by atoms with E-state index in [0.717, 1.165) is 0 Å². The fraction of sp³-hybridized carbons (Fsp3) is 0.500. The number of hydrogen-bond donors (Lipinski definition) is 0. The van der Waals surface area contributed by atoms with Gasteiger partial charge in [0.2, 0.25) is 6.41 Å². The van der Waals surface area contributed by atoms with Crippen LogP contribution in [0.3, 0.4) is 0 Å². The molecule has 0 unspecified atom stereocenters. The van der Waals surface area contributed by atoms with E-state index in [0.29, 0.717) is 25.3 Å². The predicted molar refractivity (Wildman–Crippen MR) is 38.5 cm³/mol. The minimum Gasteiger partial charge on any atom is -0.471 e. The lowest BCUT2D eigenvalue weighted by molar-refractivity contribution is -0.106. The molecule has 1 aliphatic heterocycles. The number of rotatable bonds is 2. The minimum absolute atomic E-state index is 0.281. The largest absolute Gasteiger partial charge is 0.471 e. The molecule has 1 amide bonds. The Balaban J connectivity index is 2.64. The highest BCUT2D eigenvalue weighted by molar-refractivity contribution is 6.38. The first-order valence-corrected chi connectivity index (χ1v) is 3.16. The lowest BCUT2D eigenvalue weighted by atomic mass is 10.4. The molecular weight excluding hydrogens is 148 g/mol. The maximum absolute atomic E-state index is 9.92. The number of aliphatic imine (C=N–C) groups is 1. The molecule has 5 heteroatoms. The number of ether oxygens (including phenoxy) is 1. The fourth-order valence-corrected chi connectivity index (χ4v) is 0.611. The van der Waals surface area contributed by atoms with Crippen molar-refractivity contribution in [3.63, 3.8) is 0 Å². The lowest BCUT2D eigenvalue weighted by Gasteiger charge is -2.11. The van der Waals surface area contributed by atoms with Gasteiger partial charge in [-0.1, -0.05) is 0 Å². The van der Waals surface area contributed by atoms with Crippen molar-refractivity contribution in [3.05, 3.63) is 0 Å². The zero-order valence-electron chi connectivity index (χ0n) is 6.11. The van der Waals surface area contributed by atoms with Crippen molar-refractivity contribution in [1.29, 1.82) is 0 Å². The highest BCUT2D eigenvalue weighted by Gasteiger charge is 2.09. The minimum atomic E-state index is 0.281. The number of nitrogens with zero attached hydrogens (tertiary/aromatic N) is 2. The highest BCUT2D eigenvalue weighted by atomic mass is 16.7. The highest BCUT2D eigenvalue weighted by Crippen LogP contribution is 1.95. The third kappa shape index (κ3) is 2.03. The number of hydrogen-bond acceptors (Lipinski definition) is 4. The molecule has 0 atom stereocenters. The van der Waals surface area contributed by atoms with Crippen LogP contribution in [0.5, 0.6) is 0 Å². The molecule has 0 aromatic carbocycles. The van der Waals surface area contributed by atoms with Crippen molar-refractivity contribution in [2.45, 2.75) is 6.92 Å². The van der Waals surface area contributed by atoms with E-state index in [4.69, 9.17) is 9.57 Å². The first-order chi connectivity index (χ1) is 5.34. The smallest absolute Gasteiger partial charge is 0.272 e. The monoisotopic (exact) mass is 156 g/mol. The van der Waals surface area contributed by atoms with Crippen LogP contribution in [0.2, 0.25) is 0 Å². The first-order valence-electron chi connectivity index (χ1n) is 3.16. The molecule has 0 bridgehead atoms. The van der Waals surface area contributed by atoms with Crippen LogP contribution in [0, 0.1) is 0 Å². The van der Waals surface area contributed by atoms with Gasteiger partial charge < -0.3 is 9.57 Å². The van der Waals surface area contributed by atoms with Crippen molar-refractivity contribution in [3.8, 4) is 0 Å². The average molecular weight is 156 g/mol. The molecule has 0 N–H and O–H groups in total. The Labute approximate surface area is 63.7 Å². The number of carbonyl (C=O) groups is 1. The van der Waals surface area contributed by atoms with E-state index < -0.39 is 0 Å². The second kappa shape index (κ2) is 3.70. The van der Waals surface area contributed by atoms with E-state index in [1.54, 1.807) is 6.92 Å². The molecule has 60 valence electrons. The Bertz CT molecular complexity index is 210. The molecule has 1 heterocycles. The Kier molecular flexibility index (Phi) is 2.59. The van der Waals surface area contributed by atoms with Crippen LogP contribution in [0.15, 0.2) is 10.1 Å². The summed E-state index contributed by atoms with van der Waals surface area (Å²) in [7, 11) is 0. The lowest BCUT2D eigenvalue weighted by Crippen LogP contribution is -2.22. The second-order valence-electron chi connectivity index (χ2n) is 1.90. The van der Waals surface area contributed by atoms with Gasteiger partial charge in [-0.2, -0.15) is 0 Å². The van der Waals surface area contributed by atoms with Gasteiger partial charge in [-0.15, -0.1) is 0 Å². The molecule has 0 fully saturated rings. The van der Waals surface area contributed by atoms with Gasteiger partial charge in [0.25, 0.3) is 5.90 Å². The third-order valence-corrected chi connectivity index (χ3v) is 1.12. The van der Waals surface area contributed by atoms with E-state index in [1.807, 2.05) is 0 Å². The molecule has 5 nitrogen and oxygen atoms in total. The predicted octanol–water partition coefficient (Wildman–Crippen LogP) is -0.0360.